The first-order valence-electron chi connectivity index (χ1n) is 6.58. The number of carbonyl (C=O) groups is 1. The first-order valence-corrected chi connectivity index (χ1v) is 6.58. The van der Waals surface area contributed by atoms with Crippen LogP contribution >= 0.6 is 0 Å². The standard InChI is InChI=1S/C14H17N3O2/c1-11-9-16(6-4-8-19-11)14-12(10-18)17-7-3-2-5-13(17)15-14/h2-3,5,7,10-11H,4,6,8-9H2,1H3. The first kappa shape index (κ1) is 12.2. The summed E-state index contributed by atoms with van der Waals surface area (Å²) in [5.74, 6) is 0.763. The number of anilines is 1. The molecule has 5 nitrogen and oxygen atoms in total. The highest BCUT2D eigenvalue weighted by molar-refractivity contribution is 5.83. The Hall–Kier alpha value is -1.88. The van der Waals surface area contributed by atoms with E-state index in [-0.39, 0.29) is 6.10 Å². The number of carbonyl (C=O) groups excluding carboxylic acids is 1. The van der Waals surface area contributed by atoms with E-state index in [1.807, 2.05) is 28.8 Å². The Morgan fingerprint density at radius 3 is 3.21 bits per heavy atom. The lowest BCUT2D eigenvalue weighted by Gasteiger charge is -2.22. The van der Waals surface area contributed by atoms with Gasteiger partial charge in [-0.15, -0.1) is 0 Å². The summed E-state index contributed by atoms with van der Waals surface area (Å²) in [6, 6.07) is 5.74. The molecule has 100 valence electrons. The minimum atomic E-state index is 0.159. The molecule has 2 aromatic rings. The lowest BCUT2D eigenvalue weighted by atomic mass is 10.3. The number of aromatic nitrogens is 2. The minimum absolute atomic E-state index is 0.159. The molecule has 3 rings (SSSR count). The lowest BCUT2D eigenvalue weighted by Crippen LogP contribution is -2.31. The molecule has 0 bridgehead atoms. The highest BCUT2D eigenvalue weighted by Gasteiger charge is 2.21. The van der Waals surface area contributed by atoms with Gasteiger partial charge in [0.1, 0.15) is 11.3 Å². The summed E-state index contributed by atoms with van der Waals surface area (Å²) in [6.07, 6.45) is 3.86. The average Bonchev–Trinajstić information content (AvgIpc) is 2.66. The summed E-state index contributed by atoms with van der Waals surface area (Å²) in [5, 5.41) is 0. The summed E-state index contributed by atoms with van der Waals surface area (Å²) in [4.78, 5) is 18.1. The van der Waals surface area contributed by atoms with Gasteiger partial charge in [-0.2, -0.15) is 0 Å². The maximum atomic E-state index is 11.4. The van der Waals surface area contributed by atoms with Crippen molar-refractivity contribution in [2.24, 2.45) is 0 Å². The Balaban J connectivity index is 2.05. The van der Waals surface area contributed by atoms with E-state index in [1.165, 1.54) is 0 Å². The van der Waals surface area contributed by atoms with Crippen molar-refractivity contribution in [3.8, 4) is 0 Å². The molecule has 19 heavy (non-hydrogen) atoms. The van der Waals surface area contributed by atoms with Crippen LogP contribution in [-0.4, -0.2) is 41.5 Å². The molecule has 0 spiro atoms. The number of fused-ring (bicyclic) bond motifs is 1. The van der Waals surface area contributed by atoms with Crippen molar-refractivity contribution in [3.05, 3.63) is 30.1 Å². The SMILES string of the molecule is CC1CN(c2nc3ccccn3c2C=O)CCCO1. The molecule has 1 aliphatic rings. The normalized spacial score (nSPS) is 20.5. The third kappa shape index (κ3) is 2.21. The monoisotopic (exact) mass is 259 g/mol. The van der Waals surface area contributed by atoms with Crippen LogP contribution in [0.4, 0.5) is 5.82 Å². The van der Waals surface area contributed by atoms with E-state index in [2.05, 4.69) is 16.8 Å². The van der Waals surface area contributed by atoms with E-state index in [9.17, 15) is 4.79 Å². The molecular formula is C14H17N3O2. The van der Waals surface area contributed by atoms with Crippen molar-refractivity contribution in [2.45, 2.75) is 19.4 Å². The van der Waals surface area contributed by atoms with Crippen LogP contribution < -0.4 is 4.90 Å². The molecule has 1 saturated heterocycles. The third-order valence-electron chi connectivity index (χ3n) is 3.41. The number of pyridine rings is 1. The van der Waals surface area contributed by atoms with E-state index in [1.54, 1.807) is 0 Å². The average molecular weight is 259 g/mol. The molecule has 1 aliphatic heterocycles. The second kappa shape index (κ2) is 5.01. The van der Waals surface area contributed by atoms with Gasteiger partial charge in [-0.25, -0.2) is 4.98 Å². The van der Waals surface area contributed by atoms with Crippen LogP contribution in [0.2, 0.25) is 0 Å². The highest BCUT2D eigenvalue weighted by Crippen LogP contribution is 2.22. The van der Waals surface area contributed by atoms with Crippen LogP contribution in [0.15, 0.2) is 24.4 Å². The van der Waals surface area contributed by atoms with Gasteiger partial charge in [0.2, 0.25) is 0 Å². The van der Waals surface area contributed by atoms with Crippen LogP contribution in [0.5, 0.6) is 0 Å². The second-order valence-corrected chi connectivity index (χ2v) is 4.85. The van der Waals surface area contributed by atoms with Gasteiger partial charge in [0.15, 0.2) is 12.1 Å². The zero-order chi connectivity index (χ0) is 13.2. The molecule has 0 N–H and O–H groups in total. The topological polar surface area (TPSA) is 46.8 Å². The zero-order valence-corrected chi connectivity index (χ0v) is 11.0. The van der Waals surface area contributed by atoms with Crippen LogP contribution in [0.3, 0.4) is 0 Å². The van der Waals surface area contributed by atoms with E-state index >= 15 is 0 Å². The van der Waals surface area contributed by atoms with Crippen molar-refractivity contribution in [1.29, 1.82) is 0 Å². The van der Waals surface area contributed by atoms with E-state index < -0.39 is 0 Å². The molecule has 0 saturated carbocycles. The number of nitrogens with zero attached hydrogens (tertiary/aromatic N) is 3. The first-order chi connectivity index (χ1) is 9.29. The molecule has 1 atom stereocenters. The summed E-state index contributed by atoms with van der Waals surface area (Å²) in [7, 11) is 0. The van der Waals surface area contributed by atoms with Crippen molar-refractivity contribution in [3.63, 3.8) is 0 Å². The summed E-state index contributed by atoms with van der Waals surface area (Å²) in [6.45, 7) is 4.45. The molecule has 5 heteroatoms. The minimum Gasteiger partial charge on any atom is -0.377 e. The number of hydrogen-bond donors (Lipinski definition) is 0. The highest BCUT2D eigenvalue weighted by atomic mass is 16.5. The fourth-order valence-corrected chi connectivity index (χ4v) is 2.53. The molecule has 3 heterocycles. The number of hydrogen-bond acceptors (Lipinski definition) is 4. The van der Waals surface area contributed by atoms with Crippen LogP contribution in [-0.2, 0) is 4.74 Å². The van der Waals surface area contributed by atoms with E-state index in [4.69, 9.17) is 4.74 Å². The van der Waals surface area contributed by atoms with Crippen molar-refractivity contribution < 1.29 is 9.53 Å². The molecule has 0 aromatic carbocycles. The number of rotatable bonds is 2. The third-order valence-corrected chi connectivity index (χ3v) is 3.41. The quantitative estimate of drug-likeness (QED) is 0.771. The van der Waals surface area contributed by atoms with E-state index in [0.717, 1.165) is 43.9 Å². The van der Waals surface area contributed by atoms with Crippen molar-refractivity contribution >= 4 is 17.8 Å². The number of imidazole rings is 1. The van der Waals surface area contributed by atoms with Gasteiger partial charge in [0.05, 0.1) is 6.10 Å². The van der Waals surface area contributed by atoms with Crippen LogP contribution in [0, 0.1) is 0 Å². The lowest BCUT2D eigenvalue weighted by molar-refractivity contribution is 0.0820. The van der Waals surface area contributed by atoms with Gasteiger partial charge in [-0.05, 0) is 25.5 Å². The molecule has 1 fully saturated rings. The molecule has 0 amide bonds. The van der Waals surface area contributed by atoms with Crippen LogP contribution in [0.25, 0.3) is 5.65 Å². The largest absolute Gasteiger partial charge is 0.377 e. The van der Waals surface area contributed by atoms with Gasteiger partial charge < -0.3 is 9.64 Å². The Kier molecular flexibility index (Phi) is 3.21. The smallest absolute Gasteiger partial charge is 0.170 e. The van der Waals surface area contributed by atoms with Crippen molar-refractivity contribution in [1.82, 2.24) is 9.38 Å². The van der Waals surface area contributed by atoms with Crippen molar-refractivity contribution in [2.75, 3.05) is 24.6 Å². The number of ether oxygens (including phenoxy) is 1. The maximum absolute atomic E-state index is 11.4. The van der Waals surface area contributed by atoms with Gasteiger partial charge in [-0.1, -0.05) is 6.07 Å². The zero-order valence-electron chi connectivity index (χ0n) is 11.0. The summed E-state index contributed by atoms with van der Waals surface area (Å²) >= 11 is 0. The summed E-state index contributed by atoms with van der Waals surface area (Å²) in [5.41, 5.74) is 1.42. The Morgan fingerprint density at radius 1 is 1.47 bits per heavy atom. The van der Waals surface area contributed by atoms with Gasteiger partial charge in [0.25, 0.3) is 0 Å². The maximum Gasteiger partial charge on any atom is 0.170 e. The Morgan fingerprint density at radius 2 is 2.37 bits per heavy atom. The Bertz CT molecular complexity index is 593. The number of aldehydes is 1. The van der Waals surface area contributed by atoms with Gasteiger partial charge in [-0.3, -0.25) is 9.20 Å². The van der Waals surface area contributed by atoms with E-state index in [0.29, 0.717) is 5.69 Å². The predicted octanol–water partition coefficient (Wildman–Crippen LogP) is 1.76. The summed E-state index contributed by atoms with van der Waals surface area (Å²) < 4.78 is 7.47. The molecule has 0 radical (unpaired) electrons. The molecule has 1 unspecified atom stereocenters. The molecular weight excluding hydrogens is 242 g/mol. The molecule has 0 aliphatic carbocycles. The van der Waals surface area contributed by atoms with Gasteiger partial charge in [0, 0.05) is 25.9 Å². The fraction of sp³-hybridized carbons (Fsp3) is 0.429. The molecule has 2 aromatic heterocycles. The fourth-order valence-electron chi connectivity index (χ4n) is 2.53. The Labute approximate surface area is 111 Å². The predicted molar refractivity (Wildman–Crippen MR) is 72.8 cm³/mol. The van der Waals surface area contributed by atoms with Crippen LogP contribution in [0.1, 0.15) is 23.8 Å². The second-order valence-electron chi connectivity index (χ2n) is 4.85. The van der Waals surface area contributed by atoms with Gasteiger partial charge >= 0.3 is 0 Å².